The van der Waals surface area contributed by atoms with E-state index < -0.39 is 11.8 Å². The van der Waals surface area contributed by atoms with Gasteiger partial charge in [-0.15, -0.1) is 0 Å². The number of carbonyl (C=O) groups is 1. The molecule has 4 nitrogen and oxygen atoms in total. The quantitative estimate of drug-likeness (QED) is 0.672. The molecule has 0 spiro atoms. The molecule has 1 heterocycles. The van der Waals surface area contributed by atoms with Gasteiger partial charge in [-0.3, -0.25) is 0 Å². The van der Waals surface area contributed by atoms with Crippen LogP contribution in [-0.4, -0.2) is 29.6 Å². The molecule has 0 amide bonds. The Bertz CT molecular complexity index is 220. The number of aliphatic carboxylic acids is 1. The zero-order valence-electron chi connectivity index (χ0n) is 7.82. The predicted octanol–water partition coefficient (Wildman–Crippen LogP) is 1.17. The minimum absolute atomic E-state index is 0.0226. The highest BCUT2D eigenvalue weighted by molar-refractivity contribution is 5.79. The molecule has 0 radical (unpaired) electrons. The lowest BCUT2D eigenvalue weighted by molar-refractivity contribution is -0.137. The van der Waals surface area contributed by atoms with E-state index in [9.17, 15) is 4.79 Å². The van der Waals surface area contributed by atoms with Crippen LogP contribution in [0.25, 0.3) is 0 Å². The average molecular weight is 186 g/mol. The summed E-state index contributed by atoms with van der Waals surface area (Å²) in [6.07, 6.45) is 3.26. The highest BCUT2D eigenvalue weighted by Crippen LogP contribution is 2.23. The smallest absolute Gasteiger partial charge is 0.327 e. The fourth-order valence-corrected chi connectivity index (χ4v) is 1.20. The predicted molar refractivity (Wildman–Crippen MR) is 46.3 cm³/mol. The van der Waals surface area contributed by atoms with Gasteiger partial charge in [-0.25, -0.2) is 4.79 Å². The van der Waals surface area contributed by atoms with Crippen molar-refractivity contribution in [3.8, 4) is 0 Å². The second-order valence-electron chi connectivity index (χ2n) is 3.43. The summed E-state index contributed by atoms with van der Waals surface area (Å²) in [5.41, 5.74) is 0. The fourth-order valence-electron chi connectivity index (χ4n) is 1.20. The summed E-state index contributed by atoms with van der Waals surface area (Å²) in [6, 6.07) is 0. The van der Waals surface area contributed by atoms with Crippen molar-refractivity contribution in [2.75, 3.05) is 6.61 Å². The Morgan fingerprint density at radius 2 is 2.38 bits per heavy atom. The van der Waals surface area contributed by atoms with Crippen molar-refractivity contribution in [2.45, 2.75) is 32.2 Å². The molecule has 4 heteroatoms. The number of ether oxygens (including phenoxy) is 2. The summed E-state index contributed by atoms with van der Waals surface area (Å²) in [5, 5.41) is 8.33. The molecular formula is C9H14O4. The molecule has 1 rings (SSSR count). The maximum absolute atomic E-state index is 10.1. The second-order valence-corrected chi connectivity index (χ2v) is 3.43. The molecule has 1 atom stereocenters. The Hall–Kier alpha value is -0.870. The van der Waals surface area contributed by atoms with Gasteiger partial charge in [0.15, 0.2) is 5.79 Å². The molecule has 0 aromatic heterocycles. The van der Waals surface area contributed by atoms with Crippen LogP contribution < -0.4 is 0 Å². The van der Waals surface area contributed by atoms with Crippen molar-refractivity contribution < 1.29 is 19.4 Å². The molecule has 1 aliphatic rings. The second kappa shape index (κ2) is 3.89. The molecule has 74 valence electrons. The summed E-state index contributed by atoms with van der Waals surface area (Å²) >= 11 is 0. The highest BCUT2D eigenvalue weighted by Gasteiger charge is 2.31. The molecule has 1 fully saturated rings. The lowest BCUT2D eigenvalue weighted by Gasteiger charge is -2.16. The minimum atomic E-state index is -0.932. The van der Waals surface area contributed by atoms with E-state index >= 15 is 0 Å². The molecule has 0 aliphatic carbocycles. The first kappa shape index (κ1) is 10.2. The van der Waals surface area contributed by atoms with Crippen LogP contribution >= 0.6 is 0 Å². The van der Waals surface area contributed by atoms with E-state index in [1.54, 1.807) is 6.08 Å². The van der Waals surface area contributed by atoms with Gasteiger partial charge >= 0.3 is 5.97 Å². The molecule has 1 N–H and O–H groups in total. The van der Waals surface area contributed by atoms with Crippen LogP contribution in [0.1, 0.15) is 20.3 Å². The van der Waals surface area contributed by atoms with Crippen LogP contribution in [0.3, 0.4) is 0 Å². The van der Waals surface area contributed by atoms with E-state index in [-0.39, 0.29) is 6.10 Å². The SMILES string of the molecule is CC1(C)OCC(C/C=C/C(=O)O)O1. The molecule has 0 aromatic rings. The average Bonchev–Trinajstić information content (AvgIpc) is 2.29. The first-order valence-electron chi connectivity index (χ1n) is 4.21. The molecule has 13 heavy (non-hydrogen) atoms. The van der Waals surface area contributed by atoms with Crippen LogP contribution in [0.15, 0.2) is 12.2 Å². The highest BCUT2D eigenvalue weighted by atomic mass is 16.7. The molecule has 1 aliphatic heterocycles. The summed E-state index contributed by atoms with van der Waals surface area (Å²) in [6.45, 7) is 4.21. The Kier molecular flexibility index (Phi) is 3.06. The summed E-state index contributed by atoms with van der Waals surface area (Å²) < 4.78 is 10.8. The Morgan fingerprint density at radius 3 is 2.85 bits per heavy atom. The lowest BCUT2D eigenvalue weighted by atomic mass is 10.2. The Morgan fingerprint density at radius 1 is 1.69 bits per heavy atom. The third kappa shape index (κ3) is 3.57. The first-order chi connectivity index (χ1) is 5.99. The monoisotopic (exact) mass is 186 g/mol. The van der Waals surface area contributed by atoms with Crippen molar-refractivity contribution in [1.82, 2.24) is 0 Å². The summed E-state index contributed by atoms with van der Waals surface area (Å²) in [5.74, 6) is -1.46. The van der Waals surface area contributed by atoms with Crippen molar-refractivity contribution in [1.29, 1.82) is 0 Å². The Labute approximate surface area is 77.1 Å². The van der Waals surface area contributed by atoms with Gasteiger partial charge in [0, 0.05) is 6.08 Å². The van der Waals surface area contributed by atoms with E-state index in [0.717, 1.165) is 6.08 Å². The molecule has 1 saturated heterocycles. The first-order valence-corrected chi connectivity index (χ1v) is 4.21. The van der Waals surface area contributed by atoms with Crippen molar-refractivity contribution in [3.05, 3.63) is 12.2 Å². The number of hydrogen-bond donors (Lipinski definition) is 1. The maximum atomic E-state index is 10.1. The molecule has 0 bridgehead atoms. The minimum Gasteiger partial charge on any atom is -0.478 e. The van der Waals surface area contributed by atoms with Gasteiger partial charge in [-0.1, -0.05) is 6.08 Å². The van der Waals surface area contributed by atoms with Crippen LogP contribution in [0.2, 0.25) is 0 Å². The normalized spacial score (nSPS) is 26.8. The van der Waals surface area contributed by atoms with E-state index in [2.05, 4.69) is 0 Å². The van der Waals surface area contributed by atoms with Crippen LogP contribution in [0.4, 0.5) is 0 Å². The van der Waals surface area contributed by atoms with Gasteiger partial charge in [0.05, 0.1) is 12.7 Å². The van der Waals surface area contributed by atoms with Gasteiger partial charge in [0.2, 0.25) is 0 Å². The summed E-state index contributed by atoms with van der Waals surface area (Å²) in [7, 11) is 0. The molecule has 1 unspecified atom stereocenters. The van der Waals surface area contributed by atoms with Crippen molar-refractivity contribution in [3.63, 3.8) is 0 Å². The van der Waals surface area contributed by atoms with E-state index in [4.69, 9.17) is 14.6 Å². The van der Waals surface area contributed by atoms with E-state index in [1.807, 2.05) is 13.8 Å². The van der Waals surface area contributed by atoms with Crippen molar-refractivity contribution in [2.24, 2.45) is 0 Å². The fraction of sp³-hybridized carbons (Fsp3) is 0.667. The number of carboxylic acid groups (broad SMARTS) is 1. The number of hydrogen-bond acceptors (Lipinski definition) is 3. The number of rotatable bonds is 3. The van der Waals surface area contributed by atoms with Gasteiger partial charge in [-0.05, 0) is 20.3 Å². The standard InChI is InChI=1S/C9H14O4/c1-9(2)12-6-7(13-9)4-3-5-8(10)11/h3,5,7H,4,6H2,1-2H3,(H,10,11)/b5-3+. The van der Waals surface area contributed by atoms with E-state index in [1.165, 1.54) is 0 Å². The van der Waals surface area contributed by atoms with Gasteiger partial charge in [0.1, 0.15) is 0 Å². The van der Waals surface area contributed by atoms with Crippen molar-refractivity contribution >= 4 is 5.97 Å². The van der Waals surface area contributed by atoms with Crippen LogP contribution in [0, 0.1) is 0 Å². The maximum Gasteiger partial charge on any atom is 0.327 e. The zero-order valence-corrected chi connectivity index (χ0v) is 7.82. The zero-order chi connectivity index (χ0) is 9.90. The van der Waals surface area contributed by atoms with Gasteiger partial charge in [0.25, 0.3) is 0 Å². The van der Waals surface area contributed by atoms with Crippen LogP contribution in [-0.2, 0) is 14.3 Å². The van der Waals surface area contributed by atoms with E-state index in [0.29, 0.717) is 13.0 Å². The van der Waals surface area contributed by atoms with Gasteiger partial charge in [-0.2, -0.15) is 0 Å². The lowest BCUT2D eigenvalue weighted by Crippen LogP contribution is -2.21. The van der Waals surface area contributed by atoms with Crippen LogP contribution in [0.5, 0.6) is 0 Å². The largest absolute Gasteiger partial charge is 0.478 e. The number of carboxylic acids is 1. The molecule has 0 saturated carbocycles. The summed E-state index contributed by atoms with van der Waals surface area (Å²) in [4.78, 5) is 10.1. The topological polar surface area (TPSA) is 55.8 Å². The Balaban J connectivity index is 2.29. The molecular weight excluding hydrogens is 172 g/mol. The van der Waals surface area contributed by atoms with Gasteiger partial charge < -0.3 is 14.6 Å². The third-order valence-electron chi connectivity index (χ3n) is 1.73. The third-order valence-corrected chi connectivity index (χ3v) is 1.73. The molecule has 0 aromatic carbocycles.